The predicted molar refractivity (Wildman–Crippen MR) is 75.7 cm³/mol. The number of nitro groups is 1. The molecule has 0 bridgehead atoms. The molecule has 2 heterocycles. The van der Waals surface area contributed by atoms with E-state index in [9.17, 15) is 14.9 Å². The molecule has 1 N–H and O–H groups in total. The van der Waals surface area contributed by atoms with Gasteiger partial charge in [-0.3, -0.25) is 10.1 Å². The van der Waals surface area contributed by atoms with Crippen LogP contribution >= 0.6 is 11.8 Å². The van der Waals surface area contributed by atoms with Crippen molar-refractivity contribution in [1.82, 2.24) is 9.97 Å². The Kier molecular flexibility index (Phi) is 4.18. The summed E-state index contributed by atoms with van der Waals surface area (Å²) in [5.41, 5.74) is 1.22. The molecule has 2 rings (SSSR count). The molecule has 0 atom stereocenters. The van der Waals surface area contributed by atoms with Gasteiger partial charge in [-0.15, -0.1) is 0 Å². The van der Waals surface area contributed by atoms with Crippen LogP contribution in [0.1, 0.15) is 21.6 Å². The minimum absolute atomic E-state index is 0.172. The van der Waals surface area contributed by atoms with Gasteiger partial charge in [-0.25, -0.2) is 14.8 Å². The van der Waals surface area contributed by atoms with Gasteiger partial charge in [0.1, 0.15) is 16.2 Å². The minimum atomic E-state index is -1.27. The molecule has 7 nitrogen and oxygen atoms in total. The Morgan fingerprint density at radius 1 is 1.33 bits per heavy atom. The van der Waals surface area contributed by atoms with Gasteiger partial charge in [0.15, 0.2) is 0 Å². The molecule has 0 amide bonds. The largest absolute Gasteiger partial charge is 0.478 e. The van der Waals surface area contributed by atoms with E-state index >= 15 is 0 Å². The molecule has 0 unspecified atom stereocenters. The number of aromatic carboxylic acids is 1. The molecule has 0 saturated heterocycles. The third-order valence-corrected chi connectivity index (χ3v) is 3.49. The molecule has 0 spiro atoms. The monoisotopic (exact) mass is 305 g/mol. The molecule has 0 aromatic carbocycles. The second-order valence-electron chi connectivity index (χ2n) is 4.33. The van der Waals surface area contributed by atoms with Gasteiger partial charge in [-0.2, -0.15) is 0 Å². The van der Waals surface area contributed by atoms with Gasteiger partial charge in [-0.1, -0.05) is 0 Å². The summed E-state index contributed by atoms with van der Waals surface area (Å²) in [7, 11) is 0. The van der Waals surface area contributed by atoms with Crippen LogP contribution in [0.5, 0.6) is 0 Å². The molecular formula is C13H11N3O4S. The van der Waals surface area contributed by atoms with Gasteiger partial charge in [-0.05, 0) is 43.3 Å². The first-order valence-electron chi connectivity index (χ1n) is 5.87. The van der Waals surface area contributed by atoms with E-state index in [1.807, 2.05) is 19.9 Å². The van der Waals surface area contributed by atoms with E-state index in [-0.39, 0.29) is 16.3 Å². The van der Waals surface area contributed by atoms with Gasteiger partial charge in [0.25, 0.3) is 5.69 Å². The number of carboxylic acid groups (broad SMARTS) is 1. The van der Waals surface area contributed by atoms with Crippen molar-refractivity contribution in [2.45, 2.75) is 23.9 Å². The topological polar surface area (TPSA) is 106 Å². The first-order valence-corrected chi connectivity index (χ1v) is 6.69. The van der Waals surface area contributed by atoms with E-state index in [1.54, 1.807) is 6.07 Å². The number of rotatable bonds is 4. The summed E-state index contributed by atoms with van der Waals surface area (Å²) in [6, 6.07) is 4.69. The molecule has 21 heavy (non-hydrogen) atoms. The van der Waals surface area contributed by atoms with Crippen LogP contribution in [0.15, 0.2) is 34.4 Å². The molecule has 0 aliphatic heterocycles. The lowest BCUT2D eigenvalue weighted by Crippen LogP contribution is -2.03. The molecule has 0 saturated carbocycles. The Labute approximate surface area is 124 Å². The predicted octanol–water partition coefficient (Wildman–Crippen LogP) is 2.85. The SMILES string of the molecule is Cc1cc(C)nc(Sc2ncc([N+](=O)[O-])cc2C(=O)O)c1. The summed E-state index contributed by atoms with van der Waals surface area (Å²) in [5.74, 6) is -1.27. The molecule has 8 heteroatoms. The summed E-state index contributed by atoms with van der Waals surface area (Å²) in [6.45, 7) is 3.73. The van der Waals surface area contributed by atoms with Crippen molar-refractivity contribution in [3.63, 3.8) is 0 Å². The second kappa shape index (κ2) is 5.88. The highest BCUT2D eigenvalue weighted by atomic mass is 32.2. The quantitative estimate of drug-likeness (QED) is 0.683. The summed E-state index contributed by atoms with van der Waals surface area (Å²) < 4.78 is 0. The Morgan fingerprint density at radius 2 is 2.05 bits per heavy atom. The van der Waals surface area contributed by atoms with Crippen molar-refractivity contribution in [1.29, 1.82) is 0 Å². The van der Waals surface area contributed by atoms with Crippen LogP contribution in [0.2, 0.25) is 0 Å². The first kappa shape index (κ1) is 14.9. The zero-order valence-electron chi connectivity index (χ0n) is 11.2. The van der Waals surface area contributed by atoms with Crippen LogP contribution in [0, 0.1) is 24.0 Å². The number of carbonyl (C=O) groups is 1. The van der Waals surface area contributed by atoms with Gasteiger partial charge >= 0.3 is 5.97 Å². The lowest BCUT2D eigenvalue weighted by Gasteiger charge is -2.06. The Bertz CT molecular complexity index is 713. The van der Waals surface area contributed by atoms with Gasteiger partial charge in [0, 0.05) is 11.8 Å². The number of pyridine rings is 2. The fourth-order valence-corrected chi connectivity index (χ4v) is 2.73. The average Bonchev–Trinajstić information content (AvgIpc) is 2.37. The Hall–Kier alpha value is -2.48. The van der Waals surface area contributed by atoms with Crippen LogP contribution in [0.25, 0.3) is 0 Å². The fraction of sp³-hybridized carbons (Fsp3) is 0.154. The number of aromatic nitrogens is 2. The highest BCUT2D eigenvalue weighted by Crippen LogP contribution is 2.30. The molecule has 0 aliphatic rings. The first-order chi connectivity index (χ1) is 9.86. The van der Waals surface area contributed by atoms with Crippen molar-refractivity contribution in [3.8, 4) is 0 Å². The molecule has 0 aliphatic carbocycles. The summed E-state index contributed by atoms with van der Waals surface area (Å²) in [6.07, 6.45) is 1.04. The van der Waals surface area contributed by atoms with Gasteiger partial charge in [0.2, 0.25) is 0 Å². The second-order valence-corrected chi connectivity index (χ2v) is 5.34. The van der Waals surface area contributed by atoms with Crippen LogP contribution < -0.4 is 0 Å². The maximum absolute atomic E-state index is 11.2. The van der Waals surface area contributed by atoms with Crippen molar-refractivity contribution in [2.75, 3.05) is 0 Å². The standard InChI is InChI=1S/C13H11N3O4S/c1-7-3-8(2)15-11(4-7)21-12-10(13(17)18)5-9(6-14-12)16(19)20/h3-6H,1-2H3,(H,17,18). The highest BCUT2D eigenvalue weighted by Gasteiger charge is 2.18. The maximum Gasteiger partial charge on any atom is 0.338 e. The van der Waals surface area contributed by atoms with E-state index in [4.69, 9.17) is 5.11 Å². The molecule has 2 aromatic rings. The summed E-state index contributed by atoms with van der Waals surface area (Å²) >= 11 is 1.07. The zero-order chi connectivity index (χ0) is 15.6. The van der Waals surface area contributed by atoms with E-state index in [1.165, 1.54) is 0 Å². The zero-order valence-corrected chi connectivity index (χ0v) is 12.0. The van der Waals surface area contributed by atoms with E-state index in [0.717, 1.165) is 35.3 Å². The number of hydrogen-bond donors (Lipinski definition) is 1. The van der Waals surface area contributed by atoms with Crippen LogP contribution in [0.4, 0.5) is 5.69 Å². The van der Waals surface area contributed by atoms with Crippen molar-refractivity contribution < 1.29 is 14.8 Å². The average molecular weight is 305 g/mol. The van der Waals surface area contributed by atoms with E-state index in [2.05, 4.69) is 9.97 Å². The third-order valence-electron chi connectivity index (χ3n) is 2.55. The van der Waals surface area contributed by atoms with Crippen LogP contribution in [0.3, 0.4) is 0 Å². The van der Waals surface area contributed by atoms with Crippen molar-refractivity contribution in [3.05, 3.63) is 51.3 Å². The lowest BCUT2D eigenvalue weighted by atomic mass is 10.2. The van der Waals surface area contributed by atoms with Crippen LogP contribution in [-0.2, 0) is 0 Å². The normalized spacial score (nSPS) is 10.4. The van der Waals surface area contributed by atoms with Gasteiger partial charge < -0.3 is 5.11 Å². The van der Waals surface area contributed by atoms with E-state index in [0.29, 0.717) is 5.03 Å². The van der Waals surface area contributed by atoms with Crippen LogP contribution in [-0.4, -0.2) is 26.0 Å². The molecular weight excluding hydrogens is 294 g/mol. The fourth-order valence-electron chi connectivity index (χ4n) is 1.73. The van der Waals surface area contributed by atoms with Crippen molar-refractivity contribution >= 4 is 23.4 Å². The maximum atomic E-state index is 11.2. The minimum Gasteiger partial charge on any atom is -0.478 e. The Balaban J connectivity index is 2.43. The van der Waals surface area contributed by atoms with E-state index < -0.39 is 10.9 Å². The smallest absolute Gasteiger partial charge is 0.338 e. The molecule has 2 aromatic heterocycles. The summed E-state index contributed by atoms with van der Waals surface area (Å²) in [5, 5.41) is 20.6. The molecule has 108 valence electrons. The van der Waals surface area contributed by atoms with Crippen molar-refractivity contribution in [2.24, 2.45) is 0 Å². The summed E-state index contributed by atoms with van der Waals surface area (Å²) in [4.78, 5) is 29.4. The number of hydrogen-bond acceptors (Lipinski definition) is 6. The number of carboxylic acids is 1. The lowest BCUT2D eigenvalue weighted by molar-refractivity contribution is -0.385. The highest BCUT2D eigenvalue weighted by molar-refractivity contribution is 7.99. The Morgan fingerprint density at radius 3 is 2.62 bits per heavy atom. The molecule has 0 fully saturated rings. The number of nitrogens with zero attached hydrogens (tertiary/aromatic N) is 3. The third kappa shape index (κ3) is 3.54. The molecule has 0 radical (unpaired) electrons. The van der Waals surface area contributed by atoms with Gasteiger partial charge in [0.05, 0.1) is 10.5 Å². The number of aryl methyl sites for hydroxylation is 2.